The molecule has 1 aromatic rings. The number of carbonyl (C=O) groups excluding carboxylic acids is 1. The third kappa shape index (κ3) is 2.49. The summed E-state index contributed by atoms with van der Waals surface area (Å²) in [5.74, 6) is -1.04. The van der Waals surface area contributed by atoms with Crippen LogP contribution in [0.25, 0.3) is 0 Å². The highest BCUT2D eigenvalue weighted by molar-refractivity contribution is 5.94. The summed E-state index contributed by atoms with van der Waals surface area (Å²) in [6.07, 6.45) is -0.680. The minimum atomic E-state index is -0.680. The predicted octanol–water partition coefficient (Wildman–Crippen LogP) is 1.66. The lowest BCUT2D eigenvalue weighted by Crippen LogP contribution is -2.40. The topological polar surface area (TPSA) is 53.9 Å². The van der Waals surface area contributed by atoms with Gasteiger partial charge in [-0.25, -0.2) is 13.6 Å². The van der Waals surface area contributed by atoms with Crippen LogP contribution in [0.4, 0.5) is 13.6 Å². The van der Waals surface area contributed by atoms with Gasteiger partial charge in [0.05, 0.1) is 19.7 Å². The van der Waals surface area contributed by atoms with E-state index in [1.807, 2.05) is 0 Å². The van der Waals surface area contributed by atoms with E-state index >= 15 is 0 Å². The van der Waals surface area contributed by atoms with Gasteiger partial charge in [0, 0.05) is 12.6 Å². The summed E-state index contributed by atoms with van der Waals surface area (Å²) in [4.78, 5) is 16.6. The lowest BCUT2D eigenvalue weighted by Gasteiger charge is -2.23. The van der Waals surface area contributed by atoms with Crippen molar-refractivity contribution >= 4 is 12.1 Å². The molecular weight excluding hydrogens is 256 g/mol. The Balaban J connectivity index is 2.20. The maximum Gasteiger partial charge on any atom is 0.413 e. The molecule has 102 valence electrons. The zero-order chi connectivity index (χ0) is 14.0. The summed E-state index contributed by atoms with van der Waals surface area (Å²) >= 11 is 0. The molecule has 1 aliphatic heterocycles. The molecule has 1 atom stereocenters. The number of guanidine groups is 1. The van der Waals surface area contributed by atoms with Gasteiger partial charge >= 0.3 is 6.09 Å². The van der Waals surface area contributed by atoms with Crippen LogP contribution >= 0.6 is 0 Å². The normalized spacial score (nSPS) is 18.2. The molecule has 1 aromatic carbocycles. The summed E-state index contributed by atoms with van der Waals surface area (Å²) in [6.45, 7) is 0.160. The number of halogens is 2. The van der Waals surface area contributed by atoms with E-state index in [0.717, 1.165) is 0 Å². The van der Waals surface area contributed by atoms with Crippen molar-refractivity contribution in [3.8, 4) is 0 Å². The van der Waals surface area contributed by atoms with Gasteiger partial charge in [-0.2, -0.15) is 0 Å². The Morgan fingerprint density at radius 3 is 2.68 bits per heavy atom. The number of carbonyl (C=O) groups is 1. The van der Waals surface area contributed by atoms with Gasteiger partial charge in [-0.15, -0.1) is 0 Å². The third-order valence-electron chi connectivity index (χ3n) is 2.95. The second-order valence-electron chi connectivity index (χ2n) is 4.04. The van der Waals surface area contributed by atoms with Crippen LogP contribution in [0.3, 0.4) is 0 Å². The number of alkyl carbamates (subject to hydrolysis) is 1. The van der Waals surface area contributed by atoms with Crippen LogP contribution in [0.2, 0.25) is 0 Å². The van der Waals surface area contributed by atoms with Crippen molar-refractivity contribution in [2.75, 3.05) is 20.7 Å². The van der Waals surface area contributed by atoms with E-state index in [1.54, 1.807) is 7.05 Å². The smallest absolute Gasteiger partial charge is 0.413 e. The van der Waals surface area contributed by atoms with Gasteiger partial charge in [0.15, 0.2) is 0 Å². The van der Waals surface area contributed by atoms with E-state index in [0.29, 0.717) is 0 Å². The van der Waals surface area contributed by atoms with Gasteiger partial charge in [-0.1, -0.05) is 6.07 Å². The molecular formula is C12H13F2N3O2. The quantitative estimate of drug-likeness (QED) is 0.843. The highest BCUT2D eigenvalue weighted by Gasteiger charge is 2.31. The van der Waals surface area contributed by atoms with E-state index in [9.17, 15) is 13.6 Å². The fourth-order valence-electron chi connectivity index (χ4n) is 1.94. The van der Waals surface area contributed by atoms with Crippen LogP contribution in [-0.2, 0) is 4.74 Å². The van der Waals surface area contributed by atoms with Crippen molar-refractivity contribution in [3.05, 3.63) is 35.4 Å². The number of amides is 1. The minimum Gasteiger partial charge on any atom is -0.453 e. The van der Waals surface area contributed by atoms with E-state index in [4.69, 9.17) is 0 Å². The maximum absolute atomic E-state index is 13.7. The van der Waals surface area contributed by atoms with Gasteiger partial charge in [0.2, 0.25) is 5.96 Å². The van der Waals surface area contributed by atoms with Crippen LogP contribution in [0.1, 0.15) is 11.6 Å². The van der Waals surface area contributed by atoms with Crippen molar-refractivity contribution in [1.82, 2.24) is 10.2 Å². The summed E-state index contributed by atoms with van der Waals surface area (Å²) in [5, 5.41) is 2.39. The van der Waals surface area contributed by atoms with Gasteiger partial charge in [-0.05, 0) is 12.1 Å². The van der Waals surface area contributed by atoms with Crippen LogP contribution in [0.5, 0.6) is 0 Å². The maximum atomic E-state index is 13.7. The van der Waals surface area contributed by atoms with Crippen molar-refractivity contribution < 1.29 is 18.3 Å². The van der Waals surface area contributed by atoms with Crippen molar-refractivity contribution in [3.63, 3.8) is 0 Å². The first kappa shape index (κ1) is 13.3. The molecule has 0 bridgehead atoms. The molecule has 0 aliphatic carbocycles. The van der Waals surface area contributed by atoms with Gasteiger partial charge in [0.1, 0.15) is 11.6 Å². The van der Waals surface area contributed by atoms with E-state index in [-0.39, 0.29) is 18.1 Å². The van der Waals surface area contributed by atoms with E-state index in [1.165, 1.54) is 30.2 Å². The summed E-state index contributed by atoms with van der Waals surface area (Å²) in [5.41, 5.74) is -0.0598. The molecule has 1 aliphatic rings. The molecule has 0 aromatic heterocycles. The molecule has 7 heteroatoms. The van der Waals surface area contributed by atoms with Crippen molar-refractivity contribution in [2.24, 2.45) is 4.99 Å². The Morgan fingerprint density at radius 1 is 1.47 bits per heavy atom. The first-order valence-corrected chi connectivity index (χ1v) is 5.60. The molecule has 0 fully saturated rings. The number of benzene rings is 1. The Hall–Kier alpha value is -2.18. The molecule has 0 radical (unpaired) electrons. The zero-order valence-electron chi connectivity index (χ0n) is 10.5. The minimum absolute atomic E-state index is 0.0598. The lowest BCUT2D eigenvalue weighted by molar-refractivity contribution is 0.175. The Labute approximate surface area is 108 Å². The molecule has 1 amide bonds. The highest BCUT2D eigenvalue weighted by atomic mass is 19.1. The second-order valence-corrected chi connectivity index (χ2v) is 4.04. The third-order valence-corrected chi connectivity index (χ3v) is 2.95. The number of likely N-dealkylation sites (N-methyl/N-ethyl adjacent to an activating group) is 1. The Kier molecular flexibility index (Phi) is 3.64. The van der Waals surface area contributed by atoms with Crippen molar-refractivity contribution in [1.29, 1.82) is 0 Å². The monoisotopic (exact) mass is 269 g/mol. The molecule has 1 N–H and O–H groups in total. The lowest BCUT2D eigenvalue weighted by atomic mass is 10.1. The fraction of sp³-hybridized carbons (Fsp3) is 0.333. The standard InChI is InChI=1S/C12H13F2N3O2/c1-17-9(6-15-11(17)16-12(18)19-2)10-7(13)4-3-5-8(10)14/h3-5,9H,6H2,1-2H3,(H,15,16,18). The molecule has 5 nitrogen and oxygen atoms in total. The summed E-state index contributed by atoms with van der Waals surface area (Å²) < 4.78 is 31.8. The fourth-order valence-corrected chi connectivity index (χ4v) is 1.94. The van der Waals surface area contributed by atoms with Gasteiger partial charge in [-0.3, -0.25) is 10.3 Å². The largest absolute Gasteiger partial charge is 0.453 e. The number of ether oxygens (including phenoxy) is 1. The number of methoxy groups -OCH3 is 1. The number of aliphatic imine (C=N–C) groups is 1. The van der Waals surface area contributed by atoms with Crippen LogP contribution in [0, 0.1) is 11.6 Å². The van der Waals surface area contributed by atoms with Crippen LogP contribution < -0.4 is 5.32 Å². The highest BCUT2D eigenvalue weighted by Crippen LogP contribution is 2.28. The molecule has 0 saturated heterocycles. The molecule has 0 spiro atoms. The summed E-state index contributed by atoms with van der Waals surface area (Å²) in [7, 11) is 2.82. The Morgan fingerprint density at radius 2 is 2.11 bits per heavy atom. The first-order chi connectivity index (χ1) is 9.04. The van der Waals surface area contributed by atoms with Gasteiger partial charge in [0.25, 0.3) is 0 Å². The van der Waals surface area contributed by atoms with E-state index < -0.39 is 23.8 Å². The zero-order valence-corrected chi connectivity index (χ0v) is 10.5. The average Bonchev–Trinajstić information content (AvgIpc) is 2.71. The number of nitrogens with zero attached hydrogens (tertiary/aromatic N) is 2. The van der Waals surface area contributed by atoms with Gasteiger partial charge < -0.3 is 9.64 Å². The number of rotatable bonds is 1. The summed E-state index contributed by atoms with van der Waals surface area (Å²) in [6, 6.07) is 3.10. The molecule has 0 saturated carbocycles. The number of hydrogen-bond donors (Lipinski definition) is 1. The molecule has 19 heavy (non-hydrogen) atoms. The van der Waals surface area contributed by atoms with Crippen LogP contribution in [-0.4, -0.2) is 37.7 Å². The first-order valence-electron chi connectivity index (χ1n) is 5.60. The predicted molar refractivity (Wildman–Crippen MR) is 64.7 cm³/mol. The molecule has 2 rings (SSSR count). The second kappa shape index (κ2) is 5.21. The SMILES string of the molecule is COC(=O)NC1=NCC(c2c(F)cccc2F)N1C. The number of hydrogen-bond acceptors (Lipinski definition) is 4. The Bertz CT molecular complexity index is 513. The molecule has 1 heterocycles. The van der Waals surface area contributed by atoms with Crippen LogP contribution in [0.15, 0.2) is 23.2 Å². The van der Waals surface area contributed by atoms with Crippen molar-refractivity contribution in [2.45, 2.75) is 6.04 Å². The van der Waals surface area contributed by atoms with E-state index in [2.05, 4.69) is 15.0 Å². The average molecular weight is 269 g/mol. The molecule has 1 unspecified atom stereocenters. The number of nitrogens with one attached hydrogen (secondary N) is 1.